The summed E-state index contributed by atoms with van der Waals surface area (Å²) < 4.78 is 30.0. The van der Waals surface area contributed by atoms with Gasteiger partial charge >= 0.3 is 0 Å². The van der Waals surface area contributed by atoms with Gasteiger partial charge in [-0.1, -0.05) is 37.3 Å². The Hall–Kier alpha value is -3.46. The van der Waals surface area contributed by atoms with Gasteiger partial charge in [-0.2, -0.15) is 9.78 Å². The summed E-state index contributed by atoms with van der Waals surface area (Å²) in [5.41, 5.74) is 2.76. The maximum absolute atomic E-state index is 13.1. The molecule has 3 aromatic rings. The molecule has 2 aromatic carbocycles. The first-order valence-electron chi connectivity index (χ1n) is 9.94. The summed E-state index contributed by atoms with van der Waals surface area (Å²) in [5.74, 6) is -0.269. The molecule has 0 radical (unpaired) electrons. The number of aryl methyl sites for hydroxylation is 2. The van der Waals surface area contributed by atoms with Crippen LogP contribution in [0.4, 0.5) is 11.5 Å². The fourth-order valence-electron chi connectivity index (χ4n) is 3.59. The highest BCUT2D eigenvalue weighted by atomic mass is 32.2. The zero-order valence-electron chi connectivity index (χ0n) is 17.2. The normalized spacial score (nSPS) is 14.0. The Morgan fingerprint density at radius 2 is 1.84 bits per heavy atom. The average molecular weight is 439 g/mol. The molecule has 8 nitrogen and oxygen atoms in total. The van der Waals surface area contributed by atoms with E-state index in [0.717, 1.165) is 0 Å². The van der Waals surface area contributed by atoms with Crippen LogP contribution < -0.4 is 10.0 Å². The molecule has 1 aliphatic rings. The van der Waals surface area contributed by atoms with Gasteiger partial charge in [0.2, 0.25) is 11.8 Å². The molecule has 1 amide bonds. The minimum Gasteiger partial charge on any atom is -0.310 e. The van der Waals surface area contributed by atoms with Crippen LogP contribution in [0.2, 0.25) is 0 Å². The van der Waals surface area contributed by atoms with Crippen molar-refractivity contribution in [3.63, 3.8) is 0 Å². The second-order valence-corrected chi connectivity index (χ2v) is 8.98. The molecule has 0 aliphatic carbocycles. The van der Waals surface area contributed by atoms with E-state index in [-0.39, 0.29) is 35.4 Å². The van der Waals surface area contributed by atoms with Gasteiger partial charge in [-0.15, -0.1) is 0 Å². The maximum Gasteiger partial charge on any atom is 0.262 e. The van der Waals surface area contributed by atoms with E-state index in [0.29, 0.717) is 34.5 Å². The number of benzene rings is 2. The van der Waals surface area contributed by atoms with Crippen molar-refractivity contribution in [3.05, 3.63) is 59.8 Å². The molecule has 9 heteroatoms. The lowest BCUT2D eigenvalue weighted by molar-refractivity contribution is -0.116. The molecule has 160 valence electrons. The van der Waals surface area contributed by atoms with Gasteiger partial charge in [-0.3, -0.25) is 14.3 Å². The minimum absolute atomic E-state index is 0.0671. The van der Waals surface area contributed by atoms with Crippen LogP contribution in [0.3, 0.4) is 0 Å². The molecular formula is C22H22N4O4S. The number of nitrogens with zero attached hydrogens (tertiary/aromatic N) is 2. The third kappa shape index (κ3) is 3.96. The van der Waals surface area contributed by atoms with Crippen LogP contribution >= 0.6 is 0 Å². The van der Waals surface area contributed by atoms with Gasteiger partial charge in [-0.25, -0.2) is 8.42 Å². The number of carbonyl (C=O) groups is 2. The topological polar surface area (TPSA) is 110 Å². The summed E-state index contributed by atoms with van der Waals surface area (Å²) in [7, 11) is -3.86. The third-order valence-electron chi connectivity index (χ3n) is 5.15. The number of carbonyl (C=O) groups excluding carboxylic acids is 2. The highest BCUT2D eigenvalue weighted by Gasteiger charge is 2.28. The van der Waals surface area contributed by atoms with E-state index < -0.39 is 10.0 Å². The van der Waals surface area contributed by atoms with Crippen LogP contribution in [0, 0.1) is 6.92 Å². The fourth-order valence-corrected chi connectivity index (χ4v) is 4.92. The summed E-state index contributed by atoms with van der Waals surface area (Å²) in [5, 5.41) is 7.15. The van der Waals surface area contributed by atoms with Crippen LogP contribution in [0.15, 0.2) is 53.4 Å². The number of para-hydroxylation sites is 1. The Morgan fingerprint density at radius 1 is 1.10 bits per heavy atom. The molecular weight excluding hydrogens is 416 g/mol. The number of nitrogens with one attached hydrogen (secondary N) is 2. The summed E-state index contributed by atoms with van der Waals surface area (Å²) in [6, 6.07) is 13.7. The molecule has 2 heterocycles. The first kappa shape index (κ1) is 20.8. The minimum atomic E-state index is -3.86. The van der Waals surface area contributed by atoms with Gasteiger partial charge in [0.1, 0.15) is 5.82 Å². The van der Waals surface area contributed by atoms with E-state index >= 15 is 0 Å². The smallest absolute Gasteiger partial charge is 0.262 e. The van der Waals surface area contributed by atoms with Crippen LogP contribution in [-0.2, 0) is 21.2 Å². The molecule has 2 N–H and O–H groups in total. The van der Waals surface area contributed by atoms with E-state index in [1.165, 1.54) is 4.68 Å². The lowest BCUT2D eigenvalue weighted by atomic mass is 10.0. The summed E-state index contributed by atoms with van der Waals surface area (Å²) in [6.07, 6.45) is 0.659. The van der Waals surface area contributed by atoms with Crippen molar-refractivity contribution < 1.29 is 18.0 Å². The second kappa shape index (κ2) is 7.99. The monoisotopic (exact) mass is 438 g/mol. The Morgan fingerprint density at radius 3 is 2.55 bits per heavy atom. The van der Waals surface area contributed by atoms with Gasteiger partial charge in [0.25, 0.3) is 10.0 Å². The molecule has 0 bridgehead atoms. The molecule has 0 saturated carbocycles. The first-order valence-corrected chi connectivity index (χ1v) is 11.4. The van der Waals surface area contributed by atoms with Crippen LogP contribution in [0.5, 0.6) is 0 Å². The number of hydrogen-bond acceptors (Lipinski definition) is 5. The second-order valence-electron chi connectivity index (χ2n) is 7.33. The number of anilines is 2. The van der Waals surface area contributed by atoms with Gasteiger partial charge in [0.05, 0.1) is 10.6 Å². The lowest BCUT2D eigenvalue weighted by Gasteiger charge is -2.13. The van der Waals surface area contributed by atoms with Crippen molar-refractivity contribution in [2.24, 2.45) is 0 Å². The Bertz CT molecular complexity index is 1280. The van der Waals surface area contributed by atoms with Crippen molar-refractivity contribution >= 4 is 33.3 Å². The van der Waals surface area contributed by atoms with Crippen LogP contribution in [0.25, 0.3) is 11.1 Å². The SMILES string of the molecule is CCc1nn2c(c1-c1ccc(C)c(S(=O)(=O)Nc3ccccc3)c1)NC(=O)CCC2=O. The molecule has 1 aromatic heterocycles. The summed E-state index contributed by atoms with van der Waals surface area (Å²) in [4.78, 5) is 24.7. The zero-order valence-corrected chi connectivity index (χ0v) is 18.0. The van der Waals surface area contributed by atoms with Gasteiger partial charge in [0.15, 0.2) is 0 Å². The molecule has 0 atom stereocenters. The number of fused-ring (bicyclic) bond motifs is 1. The van der Waals surface area contributed by atoms with Crippen molar-refractivity contribution in [2.75, 3.05) is 10.0 Å². The Labute approximate surface area is 180 Å². The number of aromatic nitrogens is 2. The quantitative estimate of drug-likeness (QED) is 0.632. The predicted octanol–water partition coefficient (Wildman–Crippen LogP) is 3.59. The van der Waals surface area contributed by atoms with Crippen molar-refractivity contribution in [3.8, 4) is 11.1 Å². The van der Waals surface area contributed by atoms with E-state index in [9.17, 15) is 18.0 Å². The Kier molecular flexibility index (Phi) is 5.36. The summed E-state index contributed by atoms with van der Waals surface area (Å²) >= 11 is 0. The first-order chi connectivity index (χ1) is 14.8. The number of rotatable bonds is 5. The largest absolute Gasteiger partial charge is 0.310 e. The highest BCUT2D eigenvalue weighted by molar-refractivity contribution is 7.92. The highest BCUT2D eigenvalue weighted by Crippen LogP contribution is 2.36. The molecule has 0 fully saturated rings. The molecule has 0 unspecified atom stereocenters. The molecule has 0 spiro atoms. The standard InChI is InChI=1S/C22H22N4O4S/c1-3-17-21(22-23-19(27)11-12-20(28)26(22)24-17)15-10-9-14(2)18(13-15)31(29,30)25-16-7-5-4-6-8-16/h4-10,13,25H,3,11-12H2,1-2H3,(H,23,27). The Balaban J connectivity index is 1.84. The van der Waals surface area contributed by atoms with Crippen molar-refractivity contribution in [1.82, 2.24) is 9.78 Å². The molecule has 1 aliphatic heterocycles. The number of sulfonamides is 1. The van der Waals surface area contributed by atoms with Gasteiger partial charge < -0.3 is 5.32 Å². The molecule has 0 saturated heterocycles. The predicted molar refractivity (Wildman–Crippen MR) is 118 cm³/mol. The van der Waals surface area contributed by atoms with E-state index in [1.54, 1.807) is 55.5 Å². The number of hydrogen-bond donors (Lipinski definition) is 2. The van der Waals surface area contributed by atoms with Crippen LogP contribution in [-0.4, -0.2) is 30.0 Å². The maximum atomic E-state index is 13.1. The van der Waals surface area contributed by atoms with E-state index in [2.05, 4.69) is 15.1 Å². The third-order valence-corrected chi connectivity index (χ3v) is 6.67. The van der Waals surface area contributed by atoms with Crippen molar-refractivity contribution in [1.29, 1.82) is 0 Å². The average Bonchev–Trinajstić information content (AvgIpc) is 3.04. The zero-order chi connectivity index (χ0) is 22.2. The van der Waals surface area contributed by atoms with Crippen LogP contribution in [0.1, 0.15) is 35.8 Å². The summed E-state index contributed by atoms with van der Waals surface area (Å²) in [6.45, 7) is 3.61. The van der Waals surface area contributed by atoms with Gasteiger partial charge in [-0.05, 0) is 42.7 Å². The van der Waals surface area contributed by atoms with E-state index in [4.69, 9.17) is 0 Å². The molecule has 31 heavy (non-hydrogen) atoms. The van der Waals surface area contributed by atoms with Crippen molar-refractivity contribution in [2.45, 2.75) is 38.0 Å². The van der Waals surface area contributed by atoms with E-state index in [1.807, 2.05) is 6.92 Å². The number of amides is 1. The molecule has 4 rings (SSSR count). The fraction of sp³-hybridized carbons (Fsp3) is 0.227. The van der Waals surface area contributed by atoms with Gasteiger partial charge in [0, 0.05) is 24.1 Å². The lowest BCUT2D eigenvalue weighted by Crippen LogP contribution is -2.14.